The number of nitrogens with one attached hydrogen (secondary N) is 1. The second-order valence-electron chi connectivity index (χ2n) is 12.3. The van der Waals surface area contributed by atoms with Crippen LogP contribution in [0.2, 0.25) is 0 Å². The zero-order chi connectivity index (χ0) is 32.9. The van der Waals surface area contributed by atoms with Crippen LogP contribution in [0.5, 0.6) is 5.75 Å². The number of thiophene rings is 1. The van der Waals surface area contributed by atoms with Gasteiger partial charge in [0.05, 0.1) is 0 Å². The SMILES string of the molecule is C[N-]c1cc(-c2ccc3cc(-c4ccccc4)ccc3c2)c2sc3ccccc3c2c1O.[Y].c1ccc2c(c1)ccc1[nH]c3ccccc3c12. The number of nitrogens with zero attached hydrogens (tertiary/aromatic N) is 1. The molecule has 10 rings (SSSR count). The van der Waals surface area contributed by atoms with Gasteiger partial charge in [-0.2, -0.15) is 0 Å². The molecule has 0 saturated carbocycles. The Bertz CT molecular complexity index is 2830. The Kier molecular flexibility index (Phi) is 8.62. The average molecular weight is 737 g/mol. The molecule has 5 heteroatoms. The maximum absolute atomic E-state index is 10.9. The minimum absolute atomic E-state index is 0. The average Bonchev–Trinajstić information content (AvgIpc) is 3.75. The first-order chi connectivity index (χ1) is 24.2. The third-order valence-electron chi connectivity index (χ3n) is 9.49. The van der Waals surface area contributed by atoms with Crippen molar-refractivity contribution in [1.29, 1.82) is 0 Å². The number of benzene rings is 8. The van der Waals surface area contributed by atoms with Crippen molar-refractivity contribution in [2.75, 3.05) is 7.05 Å². The van der Waals surface area contributed by atoms with Gasteiger partial charge in [0.1, 0.15) is 5.75 Å². The van der Waals surface area contributed by atoms with E-state index < -0.39 is 0 Å². The molecular weight excluding hydrogens is 705 g/mol. The second-order valence-corrected chi connectivity index (χ2v) is 13.4. The second kappa shape index (κ2) is 13.4. The smallest absolute Gasteiger partial charge is 0.110 e. The van der Waals surface area contributed by atoms with Crippen LogP contribution in [0.15, 0.2) is 158 Å². The van der Waals surface area contributed by atoms with Crippen molar-refractivity contribution in [2.24, 2.45) is 0 Å². The van der Waals surface area contributed by atoms with Gasteiger partial charge < -0.3 is 15.4 Å². The molecule has 10 aromatic rings. The Balaban J connectivity index is 0.000000169. The molecule has 0 aliphatic carbocycles. The molecular formula is C45H31N2OSY-. The molecule has 3 nitrogen and oxygen atoms in total. The van der Waals surface area contributed by atoms with Gasteiger partial charge in [0.2, 0.25) is 0 Å². The van der Waals surface area contributed by atoms with Gasteiger partial charge in [-0.25, -0.2) is 0 Å². The van der Waals surface area contributed by atoms with Gasteiger partial charge >= 0.3 is 0 Å². The van der Waals surface area contributed by atoms with Gasteiger partial charge in [-0.15, -0.1) is 18.4 Å². The van der Waals surface area contributed by atoms with Crippen LogP contribution < -0.4 is 0 Å². The normalized spacial score (nSPS) is 11.2. The fourth-order valence-corrected chi connectivity index (χ4v) is 8.34. The Morgan fingerprint density at radius 2 is 1.16 bits per heavy atom. The van der Waals surface area contributed by atoms with Crippen molar-refractivity contribution in [1.82, 2.24) is 4.98 Å². The summed E-state index contributed by atoms with van der Waals surface area (Å²) in [7, 11) is 1.73. The van der Waals surface area contributed by atoms with Crippen LogP contribution in [-0.4, -0.2) is 17.1 Å². The number of aromatic hydroxyl groups is 1. The minimum Gasteiger partial charge on any atom is -0.684 e. The van der Waals surface area contributed by atoms with E-state index >= 15 is 0 Å². The Labute approximate surface area is 319 Å². The number of hydrogen-bond donors (Lipinski definition) is 2. The molecule has 0 spiro atoms. The number of aromatic amines is 1. The number of fused-ring (bicyclic) bond motifs is 9. The maximum atomic E-state index is 10.9. The summed E-state index contributed by atoms with van der Waals surface area (Å²) in [5.41, 5.74) is 7.71. The third kappa shape index (κ3) is 5.54. The van der Waals surface area contributed by atoms with E-state index in [4.69, 9.17) is 0 Å². The molecule has 0 amide bonds. The summed E-state index contributed by atoms with van der Waals surface area (Å²) in [5, 5.41) is 24.9. The number of para-hydroxylation sites is 1. The van der Waals surface area contributed by atoms with E-state index in [2.05, 4.69) is 144 Å². The zero-order valence-corrected chi connectivity index (χ0v) is 31.0. The molecule has 0 aliphatic rings. The molecule has 1 radical (unpaired) electrons. The molecule has 0 unspecified atom stereocenters. The van der Waals surface area contributed by atoms with E-state index in [0.717, 1.165) is 26.6 Å². The topological polar surface area (TPSA) is 50.1 Å². The number of rotatable bonds is 3. The number of phenolic OH excluding ortho intramolecular Hbond substituents is 1. The minimum atomic E-state index is 0. The van der Waals surface area contributed by atoms with Crippen molar-refractivity contribution in [2.45, 2.75) is 0 Å². The van der Waals surface area contributed by atoms with Crippen LogP contribution >= 0.6 is 11.3 Å². The molecule has 0 fully saturated rings. The zero-order valence-electron chi connectivity index (χ0n) is 27.4. The fraction of sp³-hybridized carbons (Fsp3) is 0.0222. The summed E-state index contributed by atoms with van der Waals surface area (Å²) in [6, 6.07) is 55.3. The van der Waals surface area contributed by atoms with E-state index in [1.54, 1.807) is 18.4 Å². The summed E-state index contributed by atoms with van der Waals surface area (Å²) < 4.78 is 2.26. The Hall–Kier alpha value is -5.00. The van der Waals surface area contributed by atoms with Gasteiger partial charge in [-0.1, -0.05) is 133 Å². The van der Waals surface area contributed by atoms with Crippen LogP contribution in [0, 0.1) is 0 Å². The van der Waals surface area contributed by atoms with E-state index in [9.17, 15) is 5.11 Å². The monoisotopic (exact) mass is 736 g/mol. The van der Waals surface area contributed by atoms with E-state index in [1.807, 2.05) is 24.3 Å². The predicted octanol–water partition coefficient (Wildman–Crippen LogP) is 13.4. The number of H-pyrrole nitrogens is 1. The summed E-state index contributed by atoms with van der Waals surface area (Å²) in [6.07, 6.45) is 0. The number of phenols is 1. The number of aromatic nitrogens is 1. The van der Waals surface area contributed by atoms with Gasteiger partial charge in [-0.05, 0) is 74.1 Å². The van der Waals surface area contributed by atoms with Crippen LogP contribution in [-0.2, 0) is 32.7 Å². The van der Waals surface area contributed by atoms with Gasteiger partial charge in [0.15, 0.2) is 0 Å². The van der Waals surface area contributed by atoms with E-state index in [-0.39, 0.29) is 38.5 Å². The fourth-order valence-electron chi connectivity index (χ4n) is 7.10. The molecule has 237 valence electrons. The van der Waals surface area contributed by atoms with Gasteiger partial charge in [-0.3, -0.25) is 0 Å². The Morgan fingerprint density at radius 1 is 0.520 bits per heavy atom. The molecule has 2 aromatic heterocycles. The predicted molar refractivity (Wildman–Crippen MR) is 212 cm³/mol. The van der Waals surface area contributed by atoms with E-state index in [0.29, 0.717) is 5.69 Å². The van der Waals surface area contributed by atoms with Crippen molar-refractivity contribution in [3.05, 3.63) is 163 Å². The molecule has 0 saturated heterocycles. The molecule has 8 aromatic carbocycles. The van der Waals surface area contributed by atoms with Crippen LogP contribution in [0.1, 0.15) is 0 Å². The third-order valence-corrected chi connectivity index (χ3v) is 10.7. The quantitative estimate of drug-likeness (QED) is 0.186. The van der Waals surface area contributed by atoms with Crippen molar-refractivity contribution in [3.8, 4) is 28.0 Å². The first-order valence-electron chi connectivity index (χ1n) is 16.4. The standard InChI is InChI=1S/C29H20NOS.C16H11N.Y/c1-30-25-17-24(29-27(28(25)31)23-9-5-6-10-26(23)32-29)22-14-13-20-15-19(11-12-21(20)16-22)18-7-3-2-4-8-18;1-2-6-12-11(5-1)9-10-15-16(12)13-7-3-4-8-14(13)17-15;/h2-17,31H,1H3;1-10,17H;/q-1;;. The van der Waals surface area contributed by atoms with E-state index in [1.165, 1.54) is 59.2 Å². The van der Waals surface area contributed by atoms with Crippen molar-refractivity contribution in [3.63, 3.8) is 0 Å². The first kappa shape index (κ1) is 32.2. The largest absolute Gasteiger partial charge is 0.684 e. The summed E-state index contributed by atoms with van der Waals surface area (Å²) in [6.45, 7) is 0. The Morgan fingerprint density at radius 3 is 1.96 bits per heavy atom. The van der Waals surface area contributed by atoms with Crippen molar-refractivity contribution >= 4 is 80.5 Å². The van der Waals surface area contributed by atoms with Gasteiger partial charge in [0, 0.05) is 74.7 Å². The van der Waals surface area contributed by atoms with Gasteiger partial charge in [0.25, 0.3) is 0 Å². The molecule has 2 heterocycles. The van der Waals surface area contributed by atoms with Crippen LogP contribution in [0.4, 0.5) is 5.69 Å². The van der Waals surface area contributed by atoms with Crippen LogP contribution in [0.25, 0.3) is 91.1 Å². The first-order valence-corrected chi connectivity index (χ1v) is 17.2. The molecule has 0 aliphatic heterocycles. The molecule has 0 bridgehead atoms. The summed E-state index contributed by atoms with van der Waals surface area (Å²) in [4.78, 5) is 3.47. The van der Waals surface area contributed by atoms with Crippen molar-refractivity contribution < 1.29 is 37.8 Å². The van der Waals surface area contributed by atoms with Crippen LogP contribution in [0.3, 0.4) is 0 Å². The molecule has 2 N–H and O–H groups in total. The maximum Gasteiger partial charge on any atom is 0.110 e. The molecule has 50 heavy (non-hydrogen) atoms. The number of hydrogen-bond acceptors (Lipinski definition) is 2. The summed E-state index contributed by atoms with van der Waals surface area (Å²) >= 11 is 1.72. The summed E-state index contributed by atoms with van der Waals surface area (Å²) in [5.74, 6) is 0.261. The molecule has 0 atom stereocenters.